The van der Waals surface area contributed by atoms with E-state index >= 15 is 0 Å². The van der Waals surface area contributed by atoms with Gasteiger partial charge >= 0.3 is 0 Å². The number of hydrogen-bond donors (Lipinski definition) is 3. The smallest absolute Gasteiger partial charge is 0.237 e. The molecule has 0 spiro atoms. The Hall–Kier alpha value is -0.610. The van der Waals surface area contributed by atoms with Crippen LogP contribution in [0.25, 0.3) is 0 Å². The van der Waals surface area contributed by atoms with Crippen LogP contribution in [0.5, 0.6) is 0 Å². The first-order valence-electron chi connectivity index (χ1n) is 6.28. The van der Waals surface area contributed by atoms with E-state index < -0.39 is 0 Å². The van der Waals surface area contributed by atoms with Gasteiger partial charge < -0.3 is 15.7 Å². The first-order valence-corrected chi connectivity index (χ1v) is 6.28. The van der Waals surface area contributed by atoms with Crippen LogP contribution in [0.3, 0.4) is 0 Å². The average Bonchev–Trinajstić information content (AvgIpc) is 2.24. The Labute approximate surface area is 97.8 Å². The van der Waals surface area contributed by atoms with Gasteiger partial charge in [0.15, 0.2) is 0 Å². The van der Waals surface area contributed by atoms with Crippen LogP contribution >= 0.6 is 0 Å². The number of hydrogen-bond acceptors (Lipinski definition) is 3. The number of carbonyl (C=O) groups is 1. The van der Waals surface area contributed by atoms with E-state index in [1.807, 2.05) is 0 Å². The SMILES string of the molecule is CC(O)CCCNC(=O)C1CC(C)CCN1. The van der Waals surface area contributed by atoms with E-state index in [4.69, 9.17) is 5.11 Å². The number of piperidine rings is 1. The normalized spacial score (nSPS) is 27.4. The molecular formula is C12H24N2O2. The summed E-state index contributed by atoms with van der Waals surface area (Å²) >= 11 is 0. The largest absolute Gasteiger partial charge is 0.393 e. The molecule has 0 saturated carbocycles. The number of amides is 1. The van der Waals surface area contributed by atoms with Crippen LogP contribution in [0.4, 0.5) is 0 Å². The molecule has 16 heavy (non-hydrogen) atoms. The van der Waals surface area contributed by atoms with E-state index in [9.17, 15) is 4.79 Å². The van der Waals surface area contributed by atoms with E-state index in [2.05, 4.69) is 17.6 Å². The lowest BCUT2D eigenvalue weighted by Crippen LogP contribution is -2.48. The zero-order valence-electron chi connectivity index (χ0n) is 10.3. The number of rotatable bonds is 5. The fraction of sp³-hybridized carbons (Fsp3) is 0.917. The first-order chi connectivity index (χ1) is 7.59. The predicted octanol–water partition coefficient (Wildman–Crippen LogP) is 0.652. The number of carbonyl (C=O) groups excluding carboxylic acids is 1. The molecule has 0 radical (unpaired) electrons. The van der Waals surface area contributed by atoms with E-state index in [0.717, 1.165) is 32.2 Å². The molecule has 1 heterocycles. The number of nitrogens with one attached hydrogen (secondary N) is 2. The number of aliphatic hydroxyl groups excluding tert-OH is 1. The average molecular weight is 228 g/mol. The van der Waals surface area contributed by atoms with Gasteiger partial charge in [0.05, 0.1) is 12.1 Å². The number of aliphatic hydroxyl groups is 1. The molecule has 4 nitrogen and oxygen atoms in total. The molecular weight excluding hydrogens is 204 g/mol. The van der Waals surface area contributed by atoms with Gasteiger partial charge in [-0.05, 0) is 45.1 Å². The molecule has 0 aromatic heterocycles. The van der Waals surface area contributed by atoms with Gasteiger partial charge in [0.25, 0.3) is 0 Å². The predicted molar refractivity (Wildman–Crippen MR) is 64.1 cm³/mol. The van der Waals surface area contributed by atoms with E-state index in [1.54, 1.807) is 6.92 Å². The van der Waals surface area contributed by atoms with Crippen LogP contribution in [0.1, 0.15) is 39.5 Å². The van der Waals surface area contributed by atoms with Crippen molar-refractivity contribution in [3.63, 3.8) is 0 Å². The van der Waals surface area contributed by atoms with Crippen molar-refractivity contribution < 1.29 is 9.90 Å². The van der Waals surface area contributed by atoms with Crippen molar-refractivity contribution in [3.8, 4) is 0 Å². The minimum absolute atomic E-state index is 0.0182. The van der Waals surface area contributed by atoms with Crippen molar-refractivity contribution in [1.29, 1.82) is 0 Å². The van der Waals surface area contributed by atoms with Gasteiger partial charge in [-0.2, -0.15) is 0 Å². The molecule has 1 aliphatic rings. The van der Waals surface area contributed by atoms with Crippen LogP contribution in [-0.4, -0.2) is 36.2 Å². The fourth-order valence-corrected chi connectivity index (χ4v) is 2.04. The molecule has 3 N–H and O–H groups in total. The molecule has 3 atom stereocenters. The summed E-state index contributed by atoms with van der Waals surface area (Å²) in [4.78, 5) is 11.8. The second-order valence-corrected chi connectivity index (χ2v) is 4.92. The summed E-state index contributed by atoms with van der Waals surface area (Å²) < 4.78 is 0. The minimum Gasteiger partial charge on any atom is -0.393 e. The van der Waals surface area contributed by atoms with Crippen molar-refractivity contribution in [2.24, 2.45) is 5.92 Å². The molecule has 0 aliphatic carbocycles. The van der Waals surface area contributed by atoms with Gasteiger partial charge in [-0.1, -0.05) is 6.92 Å². The van der Waals surface area contributed by atoms with Crippen LogP contribution in [-0.2, 0) is 4.79 Å². The molecule has 94 valence electrons. The van der Waals surface area contributed by atoms with Gasteiger partial charge in [0.2, 0.25) is 5.91 Å². The van der Waals surface area contributed by atoms with Gasteiger partial charge in [-0.15, -0.1) is 0 Å². The van der Waals surface area contributed by atoms with Crippen molar-refractivity contribution in [1.82, 2.24) is 10.6 Å². The third-order valence-corrected chi connectivity index (χ3v) is 3.08. The Balaban J connectivity index is 2.14. The first kappa shape index (κ1) is 13.5. The molecule has 0 aromatic carbocycles. The molecule has 0 aromatic rings. The summed E-state index contributed by atoms with van der Waals surface area (Å²) in [6, 6.07) is -0.0182. The van der Waals surface area contributed by atoms with E-state index in [1.165, 1.54) is 0 Å². The Morgan fingerprint density at radius 1 is 1.62 bits per heavy atom. The maximum Gasteiger partial charge on any atom is 0.237 e. The van der Waals surface area contributed by atoms with Crippen molar-refractivity contribution in [2.75, 3.05) is 13.1 Å². The molecule has 0 bridgehead atoms. The van der Waals surface area contributed by atoms with Crippen LogP contribution in [0.15, 0.2) is 0 Å². The summed E-state index contributed by atoms with van der Waals surface area (Å²) in [6.45, 7) is 5.56. The highest BCUT2D eigenvalue weighted by Crippen LogP contribution is 2.14. The third kappa shape index (κ3) is 4.94. The molecule has 1 amide bonds. The second kappa shape index (κ2) is 6.86. The van der Waals surface area contributed by atoms with Crippen LogP contribution in [0.2, 0.25) is 0 Å². The van der Waals surface area contributed by atoms with Gasteiger partial charge in [0.1, 0.15) is 0 Å². The molecule has 1 aliphatic heterocycles. The van der Waals surface area contributed by atoms with Crippen molar-refractivity contribution >= 4 is 5.91 Å². The quantitative estimate of drug-likeness (QED) is 0.606. The maximum atomic E-state index is 11.8. The summed E-state index contributed by atoms with van der Waals surface area (Å²) in [5.41, 5.74) is 0. The van der Waals surface area contributed by atoms with E-state index in [0.29, 0.717) is 12.5 Å². The molecule has 3 unspecified atom stereocenters. The lowest BCUT2D eigenvalue weighted by atomic mass is 9.94. The summed E-state index contributed by atoms with van der Waals surface area (Å²) in [7, 11) is 0. The Bertz CT molecular complexity index is 219. The van der Waals surface area contributed by atoms with Crippen LogP contribution in [0, 0.1) is 5.92 Å². The fourth-order valence-electron chi connectivity index (χ4n) is 2.04. The summed E-state index contributed by atoms with van der Waals surface area (Å²) in [6.07, 6.45) is 3.40. The Morgan fingerprint density at radius 2 is 2.38 bits per heavy atom. The lowest BCUT2D eigenvalue weighted by molar-refractivity contribution is -0.124. The van der Waals surface area contributed by atoms with Gasteiger partial charge in [-0.25, -0.2) is 0 Å². The van der Waals surface area contributed by atoms with E-state index in [-0.39, 0.29) is 18.1 Å². The topological polar surface area (TPSA) is 61.4 Å². The van der Waals surface area contributed by atoms with Gasteiger partial charge in [-0.3, -0.25) is 4.79 Å². The summed E-state index contributed by atoms with van der Waals surface area (Å²) in [5.74, 6) is 0.742. The lowest BCUT2D eigenvalue weighted by Gasteiger charge is -2.27. The van der Waals surface area contributed by atoms with Crippen LogP contribution < -0.4 is 10.6 Å². The Kier molecular flexibility index (Phi) is 5.77. The molecule has 4 heteroatoms. The maximum absolute atomic E-state index is 11.8. The van der Waals surface area contributed by atoms with Crippen molar-refractivity contribution in [2.45, 2.75) is 51.7 Å². The zero-order chi connectivity index (χ0) is 12.0. The monoisotopic (exact) mass is 228 g/mol. The third-order valence-electron chi connectivity index (χ3n) is 3.08. The second-order valence-electron chi connectivity index (χ2n) is 4.92. The minimum atomic E-state index is -0.273. The van der Waals surface area contributed by atoms with Gasteiger partial charge in [0, 0.05) is 6.54 Å². The molecule has 1 fully saturated rings. The highest BCUT2D eigenvalue weighted by molar-refractivity contribution is 5.81. The highest BCUT2D eigenvalue weighted by Gasteiger charge is 2.23. The van der Waals surface area contributed by atoms with Crippen molar-refractivity contribution in [3.05, 3.63) is 0 Å². The standard InChI is InChI=1S/C12H24N2O2/c1-9-5-7-13-11(8-9)12(16)14-6-3-4-10(2)15/h9-11,13,15H,3-8H2,1-2H3,(H,14,16). The summed E-state index contributed by atoms with van der Waals surface area (Å²) in [5, 5.41) is 15.2. The highest BCUT2D eigenvalue weighted by atomic mass is 16.3. The molecule has 1 saturated heterocycles. The zero-order valence-corrected chi connectivity index (χ0v) is 10.3. The molecule has 1 rings (SSSR count). The Morgan fingerprint density at radius 3 is 3.00 bits per heavy atom.